The summed E-state index contributed by atoms with van der Waals surface area (Å²) in [7, 11) is 0. The second kappa shape index (κ2) is 11.1. The molecule has 7 nitrogen and oxygen atoms in total. The fourth-order valence-electron chi connectivity index (χ4n) is 3.27. The molecule has 32 heavy (non-hydrogen) atoms. The van der Waals surface area contributed by atoms with Crippen molar-refractivity contribution in [2.24, 2.45) is 5.92 Å². The first kappa shape index (κ1) is 23.1. The lowest BCUT2D eigenvalue weighted by atomic mass is 10.0. The Bertz CT molecular complexity index is 997. The van der Waals surface area contributed by atoms with Crippen LogP contribution in [0.2, 0.25) is 0 Å². The van der Waals surface area contributed by atoms with Crippen molar-refractivity contribution >= 4 is 11.8 Å². The van der Waals surface area contributed by atoms with E-state index in [0.29, 0.717) is 31.0 Å². The van der Waals surface area contributed by atoms with Crippen molar-refractivity contribution in [1.82, 2.24) is 20.4 Å². The van der Waals surface area contributed by atoms with E-state index in [1.807, 2.05) is 62.0 Å². The van der Waals surface area contributed by atoms with Crippen LogP contribution in [0.5, 0.6) is 5.75 Å². The van der Waals surface area contributed by atoms with Crippen LogP contribution in [-0.4, -0.2) is 34.2 Å². The molecule has 0 saturated heterocycles. The molecule has 2 N–H and O–H groups in total. The van der Waals surface area contributed by atoms with Gasteiger partial charge in [-0.1, -0.05) is 38.1 Å². The number of carbonyl (C=O) groups excluding carboxylic acids is 2. The summed E-state index contributed by atoms with van der Waals surface area (Å²) in [6.45, 7) is 7.38. The summed E-state index contributed by atoms with van der Waals surface area (Å²) in [5.74, 6) is 0.153. The molecule has 0 radical (unpaired) electrons. The summed E-state index contributed by atoms with van der Waals surface area (Å²) in [5.41, 5.74) is 2.61. The quantitative estimate of drug-likeness (QED) is 0.512. The van der Waals surface area contributed by atoms with Gasteiger partial charge in [0, 0.05) is 24.5 Å². The molecular formula is C25H30N4O3. The normalized spacial score (nSPS) is 11.8. The lowest BCUT2D eigenvalue weighted by molar-refractivity contribution is -0.124. The Morgan fingerprint density at radius 3 is 2.31 bits per heavy atom. The fourth-order valence-corrected chi connectivity index (χ4v) is 3.27. The third-order valence-corrected chi connectivity index (χ3v) is 5.06. The molecule has 1 aromatic heterocycles. The van der Waals surface area contributed by atoms with E-state index in [-0.39, 0.29) is 17.7 Å². The van der Waals surface area contributed by atoms with Crippen molar-refractivity contribution in [3.8, 4) is 5.75 Å². The van der Waals surface area contributed by atoms with Crippen LogP contribution in [0.4, 0.5) is 0 Å². The van der Waals surface area contributed by atoms with Gasteiger partial charge in [-0.3, -0.25) is 14.3 Å². The second-order valence-corrected chi connectivity index (χ2v) is 7.89. The van der Waals surface area contributed by atoms with Crippen LogP contribution in [-0.2, 0) is 17.9 Å². The predicted molar refractivity (Wildman–Crippen MR) is 123 cm³/mol. The highest BCUT2D eigenvalue weighted by Crippen LogP contribution is 2.13. The Kier molecular flexibility index (Phi) is 8.02. The number of amides is 2. The lowest BCUT2D eigenvalue weighted by Gasteiger charge is -2.22. The van der Waals surface area contributed by atoms with Crippen LogP contribution in [0, 0.1) is 5.92 Å². The maximum atomic E-state index is 12.8. The molecule has 7 heteroatoms. The Hall–Kier alpha value is -3.61. The van der Waals surface area contributed by atoms with Gasteiger partial charge in [0.05, 0.1) is 13.2 Å². The minimum absolute atomic E-state index is 0.0573. The number of nitrogens with one attached hydrogen (secondary N) is 2. The Labute approximate surface area is 188 Å². The molecule has 0 aliphatic rings. The minimum atomic E-state index is -0.631. The molecule has 3 rings (SSSR count). The van der Waals surface area contributed by atoms with Crippen LogP contribution in [0.1, 0.15) is 42.3 Å². The van der Waals surface area contributed by atoms with Gasteiger partial charge in [0.15, 0.2) is 0 Å². The average Bonchev–Trinajstić information content (AvgIpc) is 3.30. The van der Waals surface area contributed by atoms with E-state index in [9.17, 15) is 9.59 Å². The molecule has 2 aromatic carbocycles. The fraction of sp³-hybridized carbons (Fsp3) is 0.320. The third kappa shape index (κ3) is 6.44. The van der Waals surface area contributed by atoms with Crippen LogP contribution >= 0.6 is 0 Å². The summed E-state index contributed by atoms with van der Waals surface area (Å²) in [6.07, 6.45) is 3.67. The van der Waals surface area contributed by atoms with E-state index in [1.165, 1.54) is 0 Å². The van der Waals surface area contributed by atoms with Gasteiger partial charge in [-0.05, 0) is 54.3 Å². The highest BCUT2D eigenvalue weighted by Gasteiger charge is 2.24. The highest BCUT2D eigenvalue weighted by atomic mass is 16.5. The van der Waals surface area contributed by atoms with Gasteiger partial charge >= 0.3 is 0 Å². The number of rotatable bonds is 10. The molecule has 2 amide bonds. The lowest BCUT2D eigenvalue weighted by Crippen LogP contribution is -2.49. The topological polar surface area (TPSA) is 85.2 Å². The van der Waals surface area contributed by atoms with Gasteiger partial charge in [0.1, 0.15) is 11.8 Å². The molecule has 1 atom stereocenters. The van der Waals surface area contributed by atoms with Crippen molar-refractivity contribution in [3.05, 3.63) is 83.7 Å². The number of nitrogens with zero attached hydrogens (tertiary/aromatic N) is 2. The monoisotopic (exact) mass is 434 g/mol. The number of hydrogen-bond acceptors (Lipinski definition) is 4. The standard InChI is InChI=1S/C25H30N4O3/c1-4-32-22-12-10-21(11-13-22)24(30)28-23(18(2)3)25(31)26-16-19-6-8-20(9-7-19)17-29-15-5-14-27-29/h5-15,18,23H,4,16-17H2,1-3H3,(H,26,31)(H,28,30). The first-order valence-corrected chi connectivity index (χ1v) is 10.8. The average molecular weight is 435 g/mol. The first-order valence-electron chi connectivity index (χ1n) is 10.8. The van der Waals surface area contributed by atoms with E-state index >= 15 is 0 Å². The molecule has 0 aliphatic heterocycles. The molecule has 0 fully saturated rings. The van der Waals surface area contributed by atoms with E-state index in [1.54, 1.807) is 30.5 Å². The van der Waals surface area contributed by atoms with Crippen LogP contribution in [0.15, 0.2) is 67.0 Å². The van der Waals surface area contributed by atoms with Crippen molar-refractivity contribution in [2.75, 3.05) is 6.61 Å². The zero-order valence-corrected chi connectivity index (χ0v) is 18.7. The van der Waals surface area contributed by atoms with E-state index in [2.05, 4.69) is 15.7 Å². The van der Waals surface area contributed by atoms with E-state index < -0.39 is 6.04 Å². The number of benzene rings is 2. The minimum Gasteiger partial charge on any atom is -0.494 e. The largest absolute Gasteiger partial charge is 0.494 e. The Balaban J connectivity index is 1.54. The molecule has 0 bridgehead atoms. The van der Waals surface area contributed by atoms with Gasteiger partial charge in [0.2, 0.25) is 5.91 Å². The van der Waals surface area contributed by atoms with Gasteiger partial charge in [-0.25, -0.2) is 0 Å². The van der Waals surface area contributed by atoms with Crippen molar-refractivity contribution in [1.29, 1.82) is 0 Å². The molecule has 0 saturated carbocycles. The number of hydrogen-bond donors (Lipinski definition) is 2. The van der Waals surface area contributed by atoms with Crippen molar-refractivity contribution < 1.29 is 14.3 Å². The van der Waals surface area contributed by atoms with E-state index in [0.717, 1.165) is 11.1 Å². The summed E-state index contributed by atoms with van der Waals surface area (Å²) in [6, 6.07) is 16.2. The summed E-state index contributed by atoms with van der Waals surface area (Å²) in [4.78, 5) is 25.4. The van der Waals surface area contributed by atoms with Crippen molar-refractivity contribution in [3.63, 3.8) is 0 Å². The number of carbonyl (C=O) groups is 2. The SMILES string of the molecule is CCOc1ccc(C(=O)NC(C(=O)NCc2ccc(Cn3cccn3)cc2)C(C)C)cc1. The number of ether oxygens (including phenoxy) is 1. The third-order valence-electron chi connectivity index (χ3n) is 5.06. The molecular weight excluding hydrogens is 404 g/mol. The first-order chi connectivity index (χ1) is 15.5. The Morgan fingerprint density at radius 2 is 1.72 bits per heavy atom. The zero-order valence-electron chi connectivity index (χ0n) is 18.7. The van der Waals surface area contributed by atoms with Gasteiger partial charge < -0.3 is 15.4 Å². The van der Waals surface area contributed by atoms with Crippen molar-refractivity contribution in [2.45, 2.75) is 39.9 Å². The van der Waals surface area contributed by atoms with Gasteiger partial charge in [0.25, 0.3) is 5.91 Å². The van der Waals surface area contributed by atoms with E-state index in [4.69, 9.17) is 4.74 Å². The van der Waals surface area contributed by atoms with Gasteiger partial charge in [-0.15, -0.1) is 0 Å². The number of aromatic nitrogens is 2. The molecule has 1 unspecified atom stereocenters. The Morgan fingerprint density at radius 1 is 1.03 bits per heavy atom. The zero-order chi connectivity index (χ0) is 22.9. The molecule has 0 aliphatic carbocycles. The van der Waals surface area contributed by atoms with Crippen LogP contribution < -0.4 is 15.4 Å². The molecule has 168 valence electrons. The maximum Gasteiger partial charge on any atom is 0.251 e. The predicted octanol–water partition coefficient (Wildman–Crippen LogP) is 3.40. The van der Waals surface area contributed by atoms with Gasteiger partial charge in [-0.2, -0.15) is 5.10 Å². The molecule has 3 aromatic rings. The molecule has 0 spiro atoms. The summed E-state index contributed by atoms with van der Waals surface area (Å²) in [5, 5.41) is 10.00. The molecule has 1 heterocycles. The summed E-state index contributed by atoms with van der Waals surface area (Å²) < 4.78 is 7.26. The maximum absolute atomic E-state index is 12.8. The van der Waals surface area contributed by atoms with Crippen LogP contribution in [0.3, 0.4) is 0 Å². The highest BCUT2D eigenvalue weighted by molar-refractivity contribution is 5.97. The van der Waals surface area contributed by atoms with Crippen LogP contribution in [0.25, 0.3) is 0 Å². The summed E-state index contributed by atoms with van der Waals surface area (Å²) >= 11 is 0. The second-order valence-electron chi connectivity index (χ2n) is 7.89. The smallest absolute Gasteiger partial charge is 0.251 e.